The van der Waals surface area contributed by atoms with Gasteiger partial charge in [0.15, 0.2) is 6.29 Å². The molecule has 0 aliphatic rings. The molecule has 4 heteroatoms. The van der Waals surface area contributed by atoms with Crippen LogP contribution in [-0.2, 0) is 14.3 Å². The zero-order chi connectivity index (χ0) is 9.56. The standard InChI is InChI=1S/C8H14O4/c1-4-11-7(3)12-5-6(2)8(9)10/h5,7H,4H2,1-3H3,(H,9,10). The second kappa shape index (κ2) is 5.60. The highest BCUT2D eigenvalue weighted by Crippen LogP contribution is 1.98. The molecule has 0 amide bonds. The van der Waals surface area contributed by atoms with Crippen LogP contribution in [0, 0.1) is 0 Å². The minimum Gasteiger partial charge on any atom is -0.478 e. The van der Waals surface area contributed by atoms with Crippen LogP contribution >= 0.6 is 0 Å². The molecule has 0 radical (unpaired) electrons. The fourth-order valence-electron chi connectivity index (χ4n) is 0.522. The first kappa shape index (κ1) is 11.0. The molecular formula is C8H14O4. The van der Waals surface area contributed by atoms with Crippen LogP contribution in [0.25, 0.3) is 0 Å². The first-order valence-electron chi connectivity index (χ1n) is 3.75. The van der Waals surface area contributed by atoms with E-state index in [2.05, 4.69) is 0 Å². The van der Waals surface area contributed by atoms with Crippen LogP contribution in [0.4, 0.5) is 0 Å². The summed E-state index contributed by atoms with van der Waals surface area (Å²) in [7, 11) is 0. The Kier molecular flexibility index (Phi) is 5.12. The van der Waals surface area contributed by atoms with E-state index < -0.39 is 12.3 Å². The van der Waals surface area contributed by atoms with Crippen LogP contribution in [0.5, 0.6) is 0 Å². The van der Waals surface area contributed by atoms with E-state index in [0.717, 1.165) is 0 Å². The van der Waals surface area contributed by atoms with Crippen molar-refractivity contribution in [2.45, 2.75) is 27.1 Å². The van der Waals surface area contributed by atoms with Gasteiger partial charge in [0.25, 0.3) is 0 Å². The summed E-state index contributed by atoms with van der Waals surface area (Å²) in [6, 6.07) is 0. The largest absolute Gasteiger partial charge is 0.478 e. The molecule has 0 saturated heterocycles. The third-order valence-electron chi connectivity index (χ3n) is 1.18. The van der Waals surface area contributed by atoms with Crippen molar-refractivity contribution in [1.82, 2.24) is 0 Å². The highest BCUT2D eigenvalue weighted by atomic mass is 16.7. The van der Waals surface area contributed by atoms with Crippen LogP contribution in [0.15, 0.2) is 11.8 Å². The molecule has 0 aromatic heterocycles. The number of ether oxygens (including phenoxy) is 2. The van der Waals surface area contributed by atoms with Crippen LogP contribution in [-0.4, -0.2) is 24.0 Å². The van der Waals surface area contributed by atoms with Crippen LogP contribution in [0.3, 0.4) is 0 Å². The minimum absolute atomic E-state index is 0.154. The maximum absolute atomic E-state index is 10.3. The molecule has 0 aliphatic heterocycles. The van der Waals surface area contributed by atoms with Crippen molar-refractivity contribution in [2.75, 3.05) is 6.61 Å². The highest BCUT2D eigenvalue weighted by molar-refractivity contribution is 5.85. The average Bonchev–Trinajstić information content (AvgIpc) is 2.00. The number of carboxylic acids is 1. The van der Waals surface area contributed by atoms with Gasteiger partial charge in [-0.25, -0.2) is 4.79 Å². The number of carbonyl (C=O) groups is 1. The number of aliphatic carboxylic acids is 1. The maximum atomic E-state index is 10.3. The molecule has 12 heavy (non-hydrogen) atoms. The summed E-state index contributed by atoms with van der Waals surface area (Å²) in [5, 5.41) is 8.44. The van der Waals surface area contributed by atoms with E-state index >= 15 is 0 Å². The highest BCUT2D eigenvalue weighted by Gasteiger charge is 2.02. The second-order valence-electron chi connectivity index (χ2n) is 2.27. The number of hydrogen-bond donors (Lipinski definition) is 1. The second-order valence-corrected chi connectivity index (χ2v) is 2.27. The van der Waals surface area contributed by atoms with Crippen molar-refractivity contribution in [3.63, 3.8) is 0 Å². The average molecular weight is 174 g/mol. The van der Waals surface area contributed by atoms with Crippen molar-refractivity contribution in [2.24, 2.45) is 0 Å². The number of hydrogen-bond acceptors (Lipinski definition) is 3. The molecule has 0 aromatic carbocycles. The zero-order valence-corrected chi connectivity index (χ0v) is 7.53. The zero-order valence-electron chi connectivity index (χ0n) is 7.53. The van der Waals surface area contributed by atoms with Crippen LogP contribution < -0.4 is 0 Å². The van der Waals surface area contributed by atoms with E-state index in [0.29, 0.717) is 6.61 Å². The summed E-state index contributed by atoms with van der Waals surface area (Å²) in [6.07, 6.45) is 0.784. The van der Waals surface area contributed by atoms with E-state index in [4.69, 9.17) is 14.6 Å². The lowest BCUT2D eigenvalue weighted by atomic mass is 10.3. The minimum atomic E-state index is -0.987. The van der Waals surface area contributed by atoms with Gasteiger partial charge >= 0.3 is 5.97 Å². The van der Waals surface area contributed by atoms with E-state index in [1.54, 1.807) is 6.92 Å². The van der Waals surface area contributed by atoms with Gasteiger partial charge in [0.2, 0.25) is 0 Å². The van der Waals surface area contributed by atoms with Crippen molar-refractivity contribution < 1.29 is 19.4 Å². The third kappa shape index (κ3) is 4.73. The molecule has 4 nitrogen and oxygen atoms in total. The monoisotopic (exact) mass is 174 g/mol. The number of rotatable bonds is 5. The Morgan fingerprint density at radius 1 is 1.67 bits per heavy atom. The predicted molar refractivity (Wildman–Crippen MR) is 43.6 cm³/mol. The fraction of sp³-hybridized carbons (Fsp3) is 0.625. The molecule has 0 fully saturated rings. The Morgan fingerprint density at radius 2 is 2.25 bits per heavy atom. The smallest absolute Gasteiger partial charge is 0.334 e. The van der Waals surface area contributed by atoms with Gasteiger partial charge in [-0.1, -0.05) is 0 Å². The van der Waals surface area contributed by atoms with Gasteiger partial charge in [-0.3, -0.25) is 0 Å². The van der Waals surface area contributed by atoms with Gasteiger partial charge in [0.05, 0.1) is 11.8 Å². The summed E-state index contributed by atoms with van der Waals surface area (Å²) in [6.45, 7) is 5.55. The molecule has 0 bridgehead atoms. The number of carboxylic acid groups (broad SMARTS) is 1. The quantitative estimate of drug-likeness (QED) is 0.388. The molecule has 0 aromatic rings. The molecule has 0 rings (SSSR count). The van der Waals surface area contributed by atoms with Crippen molar-refractivity contribution in [3.8, 4) is 0 Å². The van der Waals surface area contributed by atoms with Crippen LogP contribution in [0.2, 0.25) is 0 Å². The summed E-state index contributed by atoms with van der Waals surface area (Å²) >= 11 is 0. The van der Waals surface area contributed by atoms with Gasteiger partial charge in [-0.15, -0.1) is 0 Å². The van der Waals surface area contributed by atoms with Crippen molar-refractivity contribution in [3.05, 3.63) is 11.8 Å². The Hall–Kier alpha value is -1.03. The molecular weight excluding hydrogens is 160 g/mol. The topological polar surface area (TPSA) is 55.8 Å². The van der Waals surface area contributed by atoms with Gasteiger partial charge in [-0.2, -0.15) is 0 Å². The van der Waals surface area contributed by atoms with Gasteiger partial charge < -0.3 is 14.6 Å². The van der Waals surface area contributed by atoms with E-state index in [9.17, 15) is 4.79 Å². The Labute approximate surface area is 71.8 Å². The fourth-order valence-corrected chi connectivity index (χ4v) is 0.522. The van der Waals surface area contributed by atoms with Gasteiger partial charge in [0.1, 0.15) is 0 Å². The molecule has 0 saturated carbocycles. The third-order valence-corrected chi connectivity index (χ3v) is 1.18. The molecule has 0 spiro atoms. The summed E-state index contributed by atoms with van der Waals surface area (Å²) in [5.74, 6) is -0.987. The molecule has 0 heterocycles. The Bertz CT molecular complexity index is 174. The molecule has 1 unspecified atom stereocenters. The Balaban J connectivity index is 3.79. The lowest BCUT2D eigenvalue weighted by Gasteiger charge is -2.10. The maximum Gasteiger partial charge on any atom is 0.334 e. The lowest BCUT2D eigenvalue weighted by Crippen LogP contribution is -2.10. The van der Waals surface area contributed by atoms with Crippen LogP contribution in [0.1, 0.15) is 20.8 Å². The van der Waals surface area contributed by atoms with E-state index in [1.807, 2.05) is 6.92 Å². The first-order valence-corrected chi connectivity index (χ1v) is 3.75. The summed E-state index contributed by atoms with van der Waals surface area (Å²) < 4.78 is 9.95. The van der Waals surface area contributed by atoms with Gasteiger partial charge in [-0.05, 0) is 20.8 Å². The molecule has 0 aliphatic carbocycles. The molecule has 1 N–H and O–H groups in total. The van der Waals surface area contributed by atoms with E-state index in [1.165, 1.54) is 13.2 Å². The molecule has 1 atom stereocenters. The van der Waals surface area contributed by atoms with E-state index in [-0.39, 0.29) is 5.57 Å². The van der Waals surface area contributed by atoms with Gasteiger partial charge in [0, 0.05) is 6.61 Å². The van der Waals surface area contributed by atoms with Crippen molar-refractivity contribution in [1.29, 1.82) is 0 Å². The summed E-state index contributed by atoms with van der Waals surface area (Å²) in [4.78, 5) is 10.3. The Morgan fingerprint density at radius 3 is 2.67 bits per heavy atom. The van der Waals surface area contributed by atoms with Crippen molar-refractivity contribution >= 4 is 5.97 Å². The molecule has 70 valence electrons. The first-order chi connectivity index (χ1) is 5.57. The predicted octanol–water partition coefficient (Wildman–Crippen LogP) is 1.37. The summed E-state index contributed by atoms with van der Waals surface area (Å²) in [5.41, 5.74) is 0.154. The lowest BCUT2D eigenvalue weighted by molar-refractivity contribution is -0.133. The SMILES string of the molecule is CCOC(C)OC=C(C)C(=O)O. The normalized spacial score (nSPS) is 14.1.